The van der Waals surface area contributed by atoms with Crippen molar-refractivity contribution in [1.29, 1.82) is 0 Å². The Labute approximate surface area is 208 Å². The van der Waals surface area contributed by atoms with Gasteiger partial charge < -0.3 is 30.9 Å². The largest absolute Gasteiger partial charge is 6.00 e. The minimum absolute atomic E-state index is 0. The average molecular weight is 528 g/mol. The zero-order valence-corrected chi connectivity index (χ0v) is 24.0. The molecule has 0 aromatic rings. The van der Waals surface area contributed by atoms with Crippen molar-refractivity contribution in [2.24, 2.45) is 11.8 Å². The fourth-order valence-electron chi connectivity index (χ4n) is 2.20. The van der Waals surface area contributed by atoms with Crippen molar-refractivity contribution in [3.8, 4) is 0 Å². The van der Waals surface area contributed by atoms with Gasteiger partial charge in [0.05, 0.1) is 0 Å². The molecule has 0 radical (unpaired) electrons. The third-order valence-corrected chi connectivity index (χ3v) is 5.53. The number of hydrogen-bond donors (Lipinski definition) is 0. The van der Waals surface area contributed by atoms with Crippen LogP contribution in [0.15, 0.2) is 0 Å². The first kappa shape index (κ1) is 41.1. The van der Waals surface area contributed by atoms with Gasteiger partial charge in [0.2, 0.25) is 0 Å². The van der Waals surface area contributed by atoms with Crippen LogP contribution in [0.5, 0.6) is 0 Å². The molecule has 0 saturated carbocycles. The van der Waals surface area contributed by atoms with Crippen molar-refractivity contribution < 1.29 is 29.1 Å². The summed E-state index contributed by atoms with van der Waals surface area (Å²) in [4.78, 5) is 15.5. The first-order valence-corrected chi connectivity index (χ1v) is 11.0. The van der Waals surface area contributed by atoms with Gasteiger partial charge in [0.1, 0.15) is 0 Å². The Balaban J connectivity index is -0.000000122. The molecule has 0 bridgehead atoms. The van der Waals surface area contributed by atoms with Gasteiger partial charge in [-0.1, -0.05) is 107 Å². The Morgan fingerprint density at radius 3 is 1.00 bits per heavy atom. The molecule has 0 aromatic carbocycles. The number of nitrogens with zero attached hydrogens (tertiary/aromatic N) is 4. The molecule has 0 N–H and O–H groups in total. The van der Waals surface area contributed by atoms with Crippen LogP contribution in [-0.4, -0.2) is 51.1 Å². The van der Waals surface area contributed by atoms with E-state index in [0.29, 0.717) is 11.8 Å². The van der Waals surface area contributed by atoms with Crippen LogP contribution >= 0.6 is 0 Å². The van der Waals surface area contributed by atoms with Gasteiger partial charge in [-0.15, -0.1) is 11.1 Å². The summed E-state index contributed by atoms with van der Waals surface area (Å²) in [6, 6.07) is 0. The van der Waals surface area contributed by atoms with E-state index in [2.05, 4.69) is 93.4 Å². The summed E-state index contributed by atoms with van der Waals surface area (Å²) in [6.45, 7) is 28.4. The number of rotatable bonds is 12. The monoisotopic (exact) mass is 528 g/mol. The van der Waals surface area contributed by atoms with Gasteiger partial charge in [0.15, 0.2) is 0 Å². The first-order chi connectivity index (χ1) is 13.9. The van der Waals surface area contributed by atoms with E-state index >= 15 is 0 Å². The Bertz CT molecular complexity index is 337. The van der Waals surface area contributed by atoms with Crippen LogP contribution in [0.2, 0.25) is 0 Å². The summed E-state index contributed by atoms with van der Waals surface area (Å²) in [5, 5.41) is 18.1. The molecule has 0 rings (SSSR count). The van der Waals surface area contributed by atoms with Crippen molar-refractivity contribution in [3.63, 3.8) is 0 Å². The van der Waals surface area contributed by atoms with E-state index in [1.165, 1.54) is 0 Å². The zero-order chi connectivity index (χ0) is 25.0. The van der Waals surface area contributed by atoms with E-state index < -0.39 is 0 Å². The molecule has 4 unspecified atom stereocenters. The minimum atomic E-state index is 0. The van der Waals surface area contributed by atoms with E-state index in [-0.39, 0.29) is 42.9 Å². The number of hydrogen-bond acceptors (Lipinski definition) is 2. The SMILES string of the molecule is CCC(C)C([N-]C)[N-]C(C)(C)CC.CCC(C)C([N-]C)[N-]C(C)(C)CC.[CH-]=O.[CH-]=O.[Ru+6]. The fraction of sp³-hybridized carbons (Fsp3) is 0.917. The topological polar surface area (TPSA) is 90.5 Å². The van der Waals surface area contributed by atoms with Crippen LogP contribution in [0.1, 0.15) is 94.9 Å². The van der Waals surface area contributed by atoms with Gasteiger partial charge in [-0.25, -0.2) is 12.3 Å². The van der Waals surface area contributed by atoms with Crippen molar-refractivity contribution in [2.75, 3.05) is 14.1 Å². The van der Waals surface area contributed by atoms with Crippen molar-refractivity contribution in [3.05, 3.63) is 21.3 Å². The number of carbonyl (C=O) groups excluding carboxylic acids is 2. The zero-order valence-electron chi connectivity index (χ0n) is 22.3. The first-order valence-electron chi connectivity index (χ1n) is 11.0. The molecule has 0 saturated heterocycles. The van der Waals surface area contributed by atoms with Gasteiger partial charge in [-0.2, -0.15) is 14.1 Å². The molecule has 0 aliphatic carbocycles. The Hall–Kier alpha value is -0.197. The van der Waals surface area contributed by atoms with Crippen LogP contribution in [0.3, 0.4) is 0 Å². The van der Waals surface area contributed by atoms with Crippen LogP contribution in [-0.2, 0) is 29.1 Å². The maximum absolute atomic E-state index is 7.75. The van der Waals surface area contributed by atoms with Crippen LogP contribution in [0.4, 0.5) is 0 Å². The molecule has 0 fully saturated rings. The molecule has 0 aliphatic heterocycles. The van der Waals surface area contributed by atoms with Crippen molar-refractivity contribution >= 4 is 13.6 Å². The standard InChI is InChI=1S/2C11H24N2.2CHO.Ru/c2*1-7-9(3)10(12-6)13-11(4,5)8-2;2*1-2;/h2*9-10H,7-8H2,1-6H3;2*1H;/q2*-2;2*-1;+6. The summed E-state index contributed by atoms with van der Waals surface area (Å²) < 4.78 is 0. The second kappa shape index (κ2) is 24.4. The fourth-order valence-corrected chi connectivity index (χ4v) is 2.20. The maximum atomic E-state index is 7.75. The maximum Gasteiger partial charge on any atom is 6.00 e. The van der Waals surface area contributed by atoms with Gasteiger partial charge in [-0.3, -0.25) is 13.6 Å². The molecule has 31 heavy (non-hydrogen) atoms. The summed E-state index contributed by atoms with van der Waals surface area (Å²) in [5.74, 6) is 1.13. The molecule has 186 valence electrons. The Morgan fingerprint density at radius 2 is 0.871 bits per heavy atom. The quantitative estimate of drug-likeness (QED) is 0.151. The van der Waals surface area contributed by atoms with Gasteiger partial charge >= 0.3 is 19.5 Å². The molecule has 7 heteroatoms. The molecule has 6 nitrogen and oxygen atoms in total. The third-order valence-electron chi connectivity index (χ3n) is 5.53. The average Bonchev–Trinajstić information content (AvgIpc) is 2.77. The smallest absolute Gasteiger partial charge is 0.680 e. The Kier molecular flexibility index (Phi) is 32.4. The van der Waals surface area contributed by atoms with E-state index in [0.717, 1.165) is 25.7 Å². The molecule has 0 amide bonds. The van der Waals surface area contributed by atoms with Crippen LogP contribution < -0.4 is 0 Å². The molecular formula is C24H50N4O2Ru. The molecular weight excluding hydrogens is 477 g/mol. The van der Waals surface area contributed by atoms with E-state index in [4.69, 9.17) is 20.2 Å². The molecule has 0 heterocycles. The van der Waals surface area contributed by atoms with Gasteiger partial charge in [-0.05, 0) is 0 Å². The minimum Gasteiger partial charge on any atom is -0.680 e. The second-order valence-corrected chi connectivity index (χ2v) is 8.70. The van der Waals surface area contributed by atoms with E-state index in [1.807, 2.05) is 14.1 Å². The Morgan fingerprint density at radius 1 is 0.645 bits per heavy atom. The van der Waals surface area contributed by atoms with E-state index in [1.54, 1.807) is 0 Å². The van der Waals surface area contributed by atoms with Crippen molar-refractivity contribution in [1.82, 2.24) is 0 Å². The van der Waals surface area contributed by atoms with E-state index in [9.17, 15) is 0 Å². The molecule has 0 aromatic heterocycles. The summed E-state index contributed by atoms with van der Waals surface area (Å²) in [7, 11) is 3.73. The second-order valence-electron chi connectivity index (χ2n) is 8.70. The van der Waals surface area contributed by atoms with Crippen molar-refractivity contribution in [2.45, 2.75) is 118 Å². The van der Waals surface area contributed by atoms with Gasteiger partial charge in [0, 0.05) is 0 Å². The predicted molar refractivity (Wildman–Crippen MR) is 134 cm³/mol. The predicted octanol–water partition coefficient (Wildman–Crippen LogP) is 7.30. The summed E-state index contributed by atoms with van der Waals surface area (Å²) >= 11 is 0. The molecule has 0 spiro atoms. The summed E-state index contributed by atoms with van der Waals surface area (Å²) in [5.41, 5.74) is 0.154. The van der Waals surface area contributed by atoms with Crippen LogP contribution in [0, 0.1) is 11.8 Å². The third kappa shape index (κ3) is 22.8. The molecule has 0 aliphatic rings. The van der Waals surface area contributed by atoms with Crippen LogP contribution in [0.25, 0.3) is 21.3 Å². The van der Waals surface area contributed by atoms with Gasteiger partial charge in [0.25, 0.3) is 0 Å². The normalized spacial score (nSPS) is 14.6. The summed E-state index contributed by atoms with van der Waals surface area (Å²) in [6.07, 6.45) is 4.81. The molecule has 4 atom stereocenters.